The van der Waals surface area contributed by atoms with Crippen LogP contribution in [0.4, 0.5) is 0 Å². The van der Waals surface area contributed by atoms with Gasteiger partial charge in [-0.15, -0.1) is 0 Å². The normalized spacial score (nSPS) is 26.8. The molecule has 0 saturated heterocycles. The maximum Gasteiger partial charge on any atom is 0.229 e. The number of nitrogens with zero attached hydrogens (tertiary/aromatic N) is 2. The van der Waals surface area contributed by atoms with Crippen LogP contribution in [0.1, 0.15) is 63.1 Å². The average Bonchev–Trinajstić information content (AvgIpc) is 2.67. The van der Waals surface area contributed by atoms with E-state index in [2.05, 4.69) is 17.1 Å². The molecule has 3 heteroatoms. The van der Waals surface area contributed by atoms with Crippen LogP contribution in [0.2, 0.25) is 0 Å². The van der Waals surface area contributed by atoms with Gasteiger partial charge in [0.15, 0.2) is 5.82 Å². The molecular weight excluding hydrogens is 188 g/mol. The summed E-state index contributed by atoms with van der Waals surface area (Å²) >= 11 is 0. The van der Waals surface area contributed by atoms with E-state index in [1.807, 2.05) is 6.92 Å². The Morgan fingerprint density at radius 2 is 2.00 bits per heavy atom. The minimum atomic E-state index is 0.527. The lowest BCUT2D eigenvalue weighted by molar-refractivity contribution is 0.262. The fourth-order valence-electron chi connectivity index (χ4n) is 2.59. The first-order chi connectivity index (χ1) is 7.29. The Morgan fingerprint density at radius 1 is 1.27 bits per heavy atom. The summed E-state index contributed by atoms with van der Waals surface area (Å²) in [4.78, 5) is 4.33. The van der Waals surface area contributed by atoms with Crippen molar-refractivity contribution in [3.63, 3.8) is 0 Å². The molecule has 0 spiro atoms. The molecule has 0 aromatic carbocycles. The Hall–Kier alpha value is -0.860. The zero-order valence-electron chi connectivity index (χ0n) is 9.70. The van der Waals surface area contributed by atoms with E-state index in [9.17, 15) is 0 Å². The van der Waals surface area contributed by atoms with E-state index in [0.29, 0.717) is 5.92 Å². The van der Waals surface area contributed by atoms with Gasteiger partial charge in [0.05, 0.1) is 0 Å². The maximum atomic E-state index is 5.24. The molecule has 1 aromatic rings. The maximum absolute atomic E-state index is 5.24. The van der Waals surface area contributed by atoms with E-state index in [1.165, 1.54) is 38.5 Å². The summed E-state index contributed by atoms with van der Waals surface area (Å²) in [6.45, 7) is 4.16. The molecule has 3 nitrogen and oxygen atoms in total. The molecule has 2 rings (SSSR count). The summed E-state index contributed by atoms with van der Waals surface area (Å²) in [5, 5.41) is 3.86. The van der Waals surface area contributed by atoms with Crippen LogP contribution in [0.3, 0.4) is 0 Å². The Labute approximate surface area is 91.3 Å². The smallest absolute Gasteiger partial charge is 0.229 e. The molecule has 1 aliphatic carbocycles. The number of aromatic nitrogens is 2. The predicted molar refractivity (Wildman–Crippen MR) is 58.6 cm³/mol. The van der Waals surface area contributed by atoms with Gasteiger partial charge in [-0.2, -0.15) is 4.98 Å². The topological polar surface area (TPSA) is 38.9 Å². The molecule has 0 atom stereocenters. The van der Waals surface area contributed by atoms with Crippen molar-refractivity contribution in [3.8, 4) is 0 Å². The van der Waals surface area contributed by atoms with Crippen LogP contribution in [0, 0.1) is 12.8 Å². The van der Waals surface area contributed by atoms with Crippen LogP contribution in [0.25, 0.3) is 0 Å². The lowest BCUT2D eigenvalue weighted by atomic mass is 9.80. The molecular formula is C12H20N2O. The Morgan fingerprint density at radius 3 is 2.53 bits per heavy atom. The minimum Gasteiger partial charge on any atom is -0.339 e. The molecule has 15 heavy (non-hydrogen) atoms. The quantitative estimate of drug-likeness (QED) is 0.763. The van der Waals surface area contributed by atoms with Gasteiger partial charge in [-0.05, 0) is 38.5 Å². The fourth-order valence-corrected chi connectivity index (χ4v) is 2.59. The summed E-state index contributed by atoms with van der Waals surface area (Å²) in [5.74, 6) is 3.10. The van der Waals surface area contributed by atoms with Crippen molar-refractivity contribution < 1.29 is 4.52 Å². The van der Waals surface area contributed by atoms with Crippen molar-refractivity contribution in [2.45, 2.75) is 58.3 Å². The molecule has 84 valence electrons. The van der Waals surface area contributed by atoms with E-state index in [-0.39, 0.29) is 0 Å². The van der Waals surface area contributed by atoms with Crippen LogP contribution >= 0.6 is 0 Å². The third-order valence-electron chi connectivity index (χ3n) is 3.44. The van der Waals surface area contributed by atoms with Gasteiger partial charge in [0.2, 0.25) is 5.89 Å². The van der Waals surface area contributed by atoms with Crippen molar-refractivity contribution in [1.29, 1.82) is 0 Å². The Kier molecular flexibility index (Phi) is 3.39. The molecule has 1 saturated carbocycles. The molecule has 1 aliphatic rings. The second-order valence-corrected chi connectivity index (χ2v) is 4.69. The summed E-state index contributed by atoms with van der Waals surface area (Å²) < 4.78 is 5.24. The highest BCUT2D eigenvalue weighted by Crippen LogP contribution is 2.36. The zero-order valence-corrected chi connectivity index (χ0v) is 9.70. The van der Waals surface area contributed by atoms with Gasteiger partial charge in [-0.1, -0.05) is 24.9 Å². The fraction of sp³-hybridized carbons (Fsp3) is 0.833. The SMILES string of the molecule is CCCC1CCC(c2nc(C)no2)CC1. The van der Waals surface area contributed by atoms with Crippen molar-refractivity contribution in [2.24, 2.45) is 5.92 Å². The van der Waals surface area contributed by atoms with E-state index >= 15 is 0 Å². The van der Waals surface area contributed by atoms with Crippen LogP contribution in [-0.2, 0) is 0 Å². The predicted octanol–water partition coefficient (Wildman–Crippen LogP) is 3.45. The lowest BCUT2D eigenvalue weighted by Gasteiger charge is -2.25. The highest BCUT2D eigenvalue weighted by Gasteiger charge is 2.25. The monoisotopic (exact) mass is 208 g/mol. The van der Waals surface area contributed by atoms with E-state index in [4.69, 9.17) is 4.52 Å². The van der Waals surface area contributed by atoms with Crippen LogP contribution in [0.15, 0.2) is 4.52 Å². The number of hydrogen-bond acceptors (Lipinski definition) is 3. The van der Waals surface area contributed by atoms with Gasteiger partial charge in [-0.3, -0.25) is 0 Å². The lowest BCUT2D eigenvalue weighted by Crippen LogP contribution is -2.13. The first kappa shape index (κ1) is 10.7. The van der Waals surface area contributed by atoms with Gasteiger partial charge in [-0.25, -0.2) is 0 Å². The van der Waals surface area contributed by atoms with Crippen molar-refractivity contribution in [1.82, 2.24) is 10.1 Å². The largest absolute Gasteiger partial charge is 0.339 e. The zero-order chi connectivity index (χ0) is 10.7. The van der Waals surface area contributed by atoms with Crippen molar-refractivity contribution >= 4 is 0 Å². The van der Waals surface area contributed by atoms with Crippen LogP contribution in [0.5, 0.6) is 0 Å². The highest BCUT2D eigenvalue weighted by molar-refractivity contribution is 4.95. The number of rotatable bonds is 3. The Balaban J connectivity index is 1.88. The molecule has 0 bridgehead atoms. The van der Waals surface area contributed by atoms with Gasteiger partial charge >= 0.3 is 0 Å². The summed E-state index contributed by atoms with van der Waals surface area (Å²) in [7, 11) is 0. The summed E-state index contributed by atoms with van der Waals surface area (Å²) in [6, 6.07) is 0. The van der Waals surface area contributed by atoms with E-state index in [0.717, 1.165) is 17.6 Å². The van der Waals surface area contributed by atoms with Gasteiger partial charge in [0, 0.05) is 5.92 Å². The molecule has 0 unspecified atom stereocenters. The van der Waals surface area contributed by atoms with Crippen molar-refractivity contribution in [3.05, 3.63) is 11.7 Å². The summed E-state index contributed by atoms with van der Waals surface area (Å²) in [5.41, 5.74) is 0. The van der Waals surface area contributed by atoms with E-state index in [1.54, 1.807) is 0 Å². The summed E-state index contributed by atoms with van der Waals surface area (Å²) in [6.07, 6.45) is 7.82. The minimum absolute atomic E-state index is 0.527. The average molecular weight is 208 g/mol. The molecule has 0 N–H and O–H groups in total. The Bertz CT molecular complexity index is 300. The van der Waals surface area contributed by atoms with E-state index < -0.39 is 0 Å². The van der Waals surface area contributed by atoms with Gasteiger partial charge in [0.25, 0.3) is 0 Å². The molecule has 1 heterocycles. The second kappa shape index (κ2) is 4.77. The van der Waals surface area contributed by atoms with Gasteiger partial charge < -0.3 is 4.52 Å². The second-order valence-electron chi connectivity index (χ2n) is 4.69. The highest BCUT2D eigenvalue weighted by atomic mass is 16.5. The molecule has 1 fully saturated rings. The third kappa shape index (κ3) is 2.58. The molecule has 0 aliphatic heterocycles. The van der Waals surface area contributed by atoms with Gasteiger partial charge in [0.1, 0.15) is 0 Å². The molecule has 1 aromatic heterocycles. The first-order valence-corrected chi connectivity index (χ1v) is 6.09. The number of aryl methyl sites for hydroxylation is 1. The standard InChI is InChI=1S/C12H20N2O/c1-3-4-10-5-7-11(8-6-10)12-13-9(2)14-15-12/h10-11H,3-8H2,1-2H3. The molecule has 0 amide bonds. The van der Waals surface area contributed by atoms with Crippen molar-refractivity contribution in [2.75, 3.05) is 0 Å². The van der Waals surface area contributed by atoms with Crippen LogP contribution < -0.4 is 0 Å². The first-order valence-electron chi connectivity index (χ1n) is 6.09. The van der Waals surface area contributed by atoms with Crippen LogP contribution in [-0.4, -0.2) is 10.1 Å². The third-order valence-corrected chi connectivity index (χ3v) is 3.44. The molecule has 0 radical (unpaired) electrons. The number of hydrogen-bond donors (Lipinski definition) is 0.